The third-order valence-electron chi connectivity index (χ3n) is 7.97. The zero-order chi connectivity index (χ0) is 28.0. The SMILES string of the molecule is CNc1cc(=O)n(-c2ccnc3c2cc([C@@H](C)N2CCC(c4c(C)cc(C(=O)O)cc4F)CC2)n3C)cc1F. The van der Waals surface area contributed by atoms with E-state index in [-0.39, 0.29) is 28.8 Å². The molecule has 8 nitrogen and oxygen atoms in total. The molecule has 1 aliphatic rings. The number of nitrogens with zero attached hydrogens (tertiary/aromatic N) is 4. The fourth-order valence-electron chi connectivity index (χ4n) is 5.88. The molecule has 2 N–H and O–H groups in total. The van der Waals surface area contributed by atoms with Gasteiger partial charge in [-0.15, -0.1) is 0 Å². The van der Waals surface area contributed by atoms with Crippen molar-refractivity contribution in [3.8, 4) is 5.69 Å². The second kappa shape index (κ2) is 10.3. The van der Waals surface area contributed by atoms with Crippen LogP contribution in [0.4, 0.5) is 14.5 Å². The summed E-state index contributed by atoms with van der Waals surface area (Å²) in [5.74, 6) is -2.11. The lowest BCUT2D eigenvalue weighted by Crippen LogP contribution is -2.36. The summed E-state index contributed by atoms with van der Waals surface area (Å²) >= 11 is 0. The number of anilines is 1. The monoisotopic (exact) mass is 535 g/mol. The molecule has 1 aliphatic heterocycles. The minimum absolute atomic E-state index is 0.0125. The van der Waals surface area contributed by atoms with E-state index in [0.717, 1.165) is 43.1 Å². The molecule has 4 aromatic rings. The quantitative estimate of drug-likeness (QED) is 0.361. The smallest absolute Gasteiger partial charge is 0.335 e. The summed E-state index contributed by atoms with van der Waals surface area (Å²) in [7, 11) is 3.49. The number of piperidine rings is 1. The van der Waals surface area contributed by atoms with Crippen LogP contribution in [0.5, 0.6) is 0 Å². The number of rotatable bonds is 6. The van der Waals surface area contributed by atoms with Crippen LogP contribution in [-0.2, 0) is 7.05 Å². The van der Waals surface area contributed by atoms with Crippen LogP contribution in [-0.4, -0.2) is 50.2 Å². The van der Waals surface area contributed by atoms with Crippen LogP contribution in [0.1, 0.15) is 58.9 Å². The van der Waals surface area contributed by atoms with Gasteiger partial charge in [0.1, 0.15) is 11.5 Å². The lowest BCUT2D eigenvalue weighted by molar-refractivity contribution is 0.0696. The molecule has 1 atom stereocenters. The molecule has 39 heavy (non-hydrogen) atoms. The number of aromatic carboxylic acids is 1. The summed E-state index contributed by atoms with van der Waals surface area (Å²) in [4.78, 5) is 30.9. The molecule has 1 fully saturated rings. The normalized spacial score (nSPS) is 15.5. The van der Waals surface area contributed by atoms with Gasteiger partial charge in [0.05, 0.1) is 23.1 Å². The van der Waals surface area contributed by atoms with Crippen molar-refractivity contribution < 1.29 is 18.7 Å². The number of carboxylic acids is 1. The van der Waals surface area contributed by atoms with Gasteiger partial charge in [0.25, 0.3) is 5.56 Å². The summed E-state index contributed by atoms with van der Waals surface area (Å²) < 4.78 is 32.7. The highest BCUT2D eigenvalue weighted by Gasteiger charge is 2.29. The first kappa shape index (κ1) is 26.6. The maximum absolute atomic E-state index is 14.9. The average Bonchev–Trinajstić information content (AvgIpc) is 3.25. The predicted octanol–water partition coefficient (Wildman–Crippen LogP) is 4.99. The molecular formula is C29H31F2N5O3. The van der Waals surface area contributed by atoms with Crippen molar-refractivity contribution >= 4 is 22.7 Å². The molecule has 1 aromatic carbocycles. The van der Waals surface area contributed by atoms with Gasteiger partial charge in [0, 0.05) is 43.5 Å². The first-order valence-electron chi connectivity index (χ1n) is 12.9. The Hall–Kier alpha value is -4.05. The summed E-state index contributed by atoms with van der Waals surface area (Å²) in [5.41, 5.74) is 3.25. The molecule has 0 bridgehead atoms. The third kappa shape index (κ3) is 4.69. The van der Waals surface area contributed by atoms with E-state index in [1.165, 1.54) is 16.8 Å². The largest absolute Gasteiger partial charge is 0.478 e. The van der Waals surface area contributed by atoms with Crippen molar-refractivity contribution in [2.75, 3.05) is 25.5 Å². The van der Waals surface area contributed by atoms with Crippen LogP contribution in [0.3, 0.4) is 0 Å². The summed E-state index contributed by atoms with van der Waals surface area (Å²) in [5, 5.41) is 12.7. The molecule has 3 aromatic heterocycles. The molecule has 5 rings (SSSR count). The molecular weight excluding hydrogens is 504 g/mol. The van der Waals surface area contributed by atoms with Crippen LogP contribution in [0.25, 0.3) is 16.7 Å². The fourth-order valence-corrected chi connectivity index (χ4v) is 5.88. The molecule has 0 saturated carbocycles. The van der Waals surface area contributed by atoms with Crippen LogP contribution >= 0.6 is 0 Å². The van der Waals surface area contributed by atoms with E-state index in [1.54, 1.807) is 32.3 Å². The summed E-state index contributed by atoms with van der Waals surface area (Å²) in [6.07, 6.45) is 4.29. The second-order valence-electron chi connectivity index (χ2n) is 10.2. The first-order chi connectivity index (χ1) is 18.6. The Morgan fingerprint density at radius 2 is 1.87 bits per heavy atom. The maximum Gasteiger partial charge on any atom is 0.335 e. The van der Waals surface area contributed by atoms with Crippen LogP contribution < -0.4 is 10.9 Å². The number of nitrogens with one attached hydrogen (secondary N) is 1. The van der Waals surface area contributed by atoms with Gasteiger partial charge in [-0.2, -0.15) is 0 Å². The van der Waals surface area contributed by atoms with Gasteiger partial charge >= 0.3 is 5.97 Å². The second-order valence-corrected chi connectivity index (χ2v) is 10.2. The Labute approximate surface area is 224 Å². The number of carbonyl (C=O) groups is 1. The van der Waals surface area contributed by atoms with E-state index in [4.69, 9.17) is 0 Å². The van der Waals surface area contributed by atoms with Crippen molar-refractivity contribution in [1.82, 2.24) is 19.0 Å². The zero-order valence-corrected chi connectivity index (χ0v) is 22.3. The van der Waals surface area contributed by atoms with E-state index >= 15 is 0 Å². The van der Waals surface area contributed by atoms with Crippen molar-refractivity contribution in [1.29, 1.82) is 0 Å². The number of benzene rings is 1. The van der Waals surface area contributed by atoms with E-state index in [9.17, 15) is 23.5 Å². The number of carboxylic acid groups (broad SMARTS) is 1. The minimum Gasteiger partial charge on any atom is -0.478 e. The lowest BCUT2D eigenvalue weighted by atomic mass is 9.85. The van der Waals surface area contributed by atoms with E-state index in [2.05, 4.69) is 22.1 Å². The maximum atomic E-state index is 14.9. The van der Waals surface area contributed by atoms with Gasteiger partial charge in [-0.05, 0) is 81.1 Å². The van der Waals surface area contributed by atoms with Gasteiger partial charge in [-0.25, -0.2) is 18.6 Å². The molecule has 0 unspecified atom stereocenters. The molecule has 0 amide bonds. The summed E-state index contributed by atoms with van der Waals surface area (Å²) in [6.45, 7) is 5.35. The number of hydrogen-bond acceptors (Lipinski definition) is 5. The van der Waals surface area contributed by atoms with E-state index in [0.29, 0.717) is 22.5 Å². The van der Waals surface area contributed by atoms with Gasteiger partial charge in [0.2, 0.25) is 0 Å². The van der Waals surface area contributed by atoms with Gasteiger partial charge in [-0.1, -0.05) is 0 Å². The van der Waals surface area contributed by atoms with Crippen LogP contribution in [0.15, 0.2) is 47.5 Å². The molecule has 0 spiro atoms. The Balaban J connectivity index is 1.41. The number of fused-ring (bicyclic) bond motifs is 1. The molecule has 10 heteroatoms. The van der Waals surface area contributed by atoms with E-state index in [1.807, 2.05) is 17.7 Å². The minimum atomic E-state index is -1.13. The highest BCUT2D eigenvalue weighted by atomic mass is 19.1. The summed E-state index contributed by atoms with van der Waals surface area (Å²) in [6, 6.07) is 7.60. The molecule has 0 radical (unpaired) electrons. The third-order valence-corrected chi connectivity index (χ3v) is 7.97. The topological polar surface area (TPSA) is 92.4 Å². The zero-order valence-electron chi connectivity index (χ0n) is 22.3. The number of aryl methyl sites for hydroxylation is 2. The Kier molecular flexibility index (Phi) is 6.98. The first-order valence-corrected chi connectivity index (χ1v) is 12.9. The highest BCUT2D eigenvalue weighted by Crippen LogP contribution is 2.36. The molecule has 0 aliphatic carbocycles. The van der Waals surface area contributed by atoms with Gasteiger partial charge in [0.15, 0.2) is 5.82 Å². The van der Waals surface area contributed by atoms with Crippen LogP contribution in [0, 0.1) is 18.6 Å². The Morgan fingerprint density at radius 1 is 1.15 bits per heavy atom. The lowest BCUT2D eigenvalue weighted by Gasteiger charge is -2.37. The number of likely N-dealkylation sites (tertiary alicyclic amines) is 1. The van der Waals surface area contributed by atoms with E-state index < -0.39 is 17.6 Å². The number of hydrogen-bond donors (Lipinski definition) is 2. The predicted molar refractivity (Wildman–Crippen MR) is 146 cm³/mol. The molecule has 204 valence electrons. The molecule has 4 heterocycles. The van der Waals surface area contributed by atoms with Gasteiger partial charge < -0.3 is 15.0 Å². The van der Waals surface area contributed by atoms with Crippen molar-refractivity contribution in [3.63, 3.8) is 0 Å². The number of halogens is 2. The number of aromatic nitrogens is 3. The Morgan fingerprint density at radius 3 is 2.51 bits per heavy atom. The van der Waals surface area contributed by atoms with Crippen LogP contribution in [0.2, 0.25) is 0 Å². The van der Waals surface area contributed by atoms with Crippen molar-refractivity contribution in [2.24, 2.45) is 7.05 Å². The van der Waals surface area contributed by atoms with Crippen molar-refractivity contribution in [2.45, 2.75) is 38.6 Å². The van der Waals surface area contributed by atoms with Crippen molar-refractivity contribution in [3.05, 3.63) is 87.1 Å². The van der Waals surface area contributed by atoms with Gasteiger partial charge in [-0.3, -0.25) is 14.3 Å². The molecule has 1 saturated heterocycles. The average molecular weight is 536 g/mol. The number of pyridine rings is 2. The highest BCUT2D eigenvalue weighted by molar-refractivity contribution is 5.88. The Bertz CT molecular complexity index is 1610. The fraction of sp³-hybridized carbons (Fsp3) is 0.345. The standard InChI is InChI=1S/C29H31F2N5O3/c1-16-11-19(29(38)39)12-21(30)27(16)18-6-9-35(10-7-18)17(2)25-13-20-24(5-8-33-28(20)34(25)4)36-15-22(31)23(32-3)14-26(36)37/h5,8,11-15,17-18,32H,6-7,9-10H2,1-4H3,(H,38,39)/t17-/m1/s1.